The highest BCUT2D eigenvalue weighted by molar-refractivity contribution is 7.89. The number of allylic oxidation sites excluding steroid dienone is 1. The van der Waals surface area contributed by atoms with E-state index in [4.69, 9.17) is 5.14 Å². The van der Waals surface area contributed by atoms with Gasteiger partial charge in [0.1, 0.15) is 17.2 Å². The van der Waals surface area contributed by atoms with Crippen LogP contribution >= 0.6 is 0 Å². The molecule has 0 fully saturated rings. The lowest BCUT2D eigenvalue weighted by Gasteiger charge is -2.15. The molecule has 0 heterocycles. The number of amides is 1. The van der Waals surface area contributed by atoms with Gasteiger partial charge in [0.15, 0.2) is 5.70 Å². The first-order valence-electron chi connectivity index (χ1n) is 9.05. The fourth-order valence-corrected chi connectivity index (χ4v) is 2.94. The lowest BCUT2D eigenvalue weighted by Crippen LogP contribution is -2.30. The molecule has 10 heteroatoms. The predicted octanol–water partition coefficient (Wildman–Crippen LogP) is 3.25. The number of aliphatic hydroxyl groups excluding tert-OH is 1. The molecule has 1 rings (SSSR count). The third kappa shape index (κ3) is 7.28. The number of azo groups is 1. The van der Waals surface area contributed by atoms with Crippen molar-refractivity contribution in [2.24, 2.45) is 21.3 Å². The van der Waals surface area contributed by atoms with Crippen molar-refractivity contribution >= 4 is 21.6 Å². The van der Waals surface area contributed by atoms with Crippen molar-refractivity contribution in [2.75, 3.05) is 6.54 Å². The number of phenolic OH excluding ortho intramolecular Hbond substituents is 1. The van der Waals surface area contributed by atoms with E-state index in [9.17, 15) is 23.4 Å². The van der Waals surface area contributed by atoms with Crippen molar-refractivity contribution in [2.45, 2.75) is 51.3 Å². The molecule has 0 radical (unpaired) electrons. The number of rotatable bonds is 10. The lowest BCUT2D eigenvalue weighted by molar-refractivity contribution is -0.118. The van der Waals surface area contributed by atoms with Crippen LogP contribution in [0.2, 0.25) is 0 Å². The molecule has 0 aromatic heterocycles. The Balaban J connectivity index is 2.97. The summed E-state index contributed by atoms with van der Waals surface area (Å²) < 4.78 is 22.8. The molecular weight excluding hydrogens is 384 g/mol. The van der Waals surface area contributed by atoms with E-state index in [1.54, 1.807) is 0 Å². The Kier molecular flexibility index (Phi) is 9.07. The molecule has 1 unspecified atom stereocenters. The Morgan fingerprint density at radius 1 is 1.32 bits per heavy atom. The van der Waals surface area contributed by atoms with Gasteiger partial charge in [-0.05, 0) is 37.5 Å². The second-order valence-corrected chi connectivity index (χ2v) is 8.02. The Bertz CT molecular complexity index is 846. The third-order valence-electron chi connectivity index (χ3n) is 4.19. The van der Waals surface area contributed by atoms with Gasteiger partial charge in [0.2, 0.25) is 10.0 Å². The number of nitrogens with one attached hydrogen (secondary N) is 1. The number of nitrogens with zero attached hydrogens (tertiary/aromatic N) is 2. The van der Waals surface area contributed by atoms with Gasteiger partial charge in [0.25, 0.3) is 5.91 Å². The summed E-state index contributed by atoms with van der Waals surface area (Å²) in [5.74, 6) is -1.00. The molecule has 1 aromatic rings. The van der Waals surface area contributed by atoms with E-state index in [0.717, 1.165) is 43.9 Å². The number of phenols is 1. The van der Waals surface area contributed by atoms with Crippen LogP contribution in [-0.4, -0.2) is 31.1 Å². The molecule has 1 aromatic carbocycles. The molecule has 5 N–H and O–H groups in total. The summed E-state index contributed by atoms with van der Waals surface area (Å²) in [5.41, 5.74) is -0.529. The highest BCUT2D eigenvalue weighted by Gasteiger charge is 2.16. The largest absolute Gasteiger partial charge is 0.510 e. The summed E-state index contributed by atoms with van der Waals surface area (Å²) in [6.45, 7) is 5.86. The van der Waals surface area contributed by atoms with Crippen molar-refractivity contribution in [3.63, 3.8) is 0 Å². The number of carbonyl (C=O) groups is 1. The second kappa shape index (κ2) is 10.8. The molecule has 0 aliphatic carbocycles. The molecule has 0 aliphatic rings. The predicted molar refractivity (Wildman–Crippen MR) is 106 cm³/mol. The van der Waals surface area contributed by atoms with E-state index in [-0.39, 0.29) is 27.8 Å². The van der Waals surface area contributed by atoms with Crippen LogP contribution in [0.1, 0.15) is 46.5 Å². The zero-order valence-corrected chi connectivity index (χ0v) is 17.2. The van der Waals surface area contributed by atoms with E-state index in [0.29, 0.717) is 12.5 Å². The Labute approximate surface area is 165 Å². The maximum Gasteiger partial charge on any atom is 0.275 e. The van der Waals surface area contributed by atoms with Crippen LogP contribution < -0.4 is 10.5 Å². The second-order valence-electron chi connectivity index (χ2n) is 6.46. The average molecular weight is 413 g/mol. The molecule has 9 nitrogen and oxygen atoms in total. The Morgan fingerprint density at radius 3 is 2.54 bits per heavy atom. The van der Waals surface area contributed by atoms with E-state index >= 15 is 0 Å². The van der Waals surface area contributed by atoms with Crippen LogP contribution in [0.25, 0.3) is 0 Å². The molecule has 0 aliphatic heterocycles. The molecule has 0 bridgehead atoms. The average Bonchev–Trinajstić information content (AvgIpc) is 2.62. The quantitative estimate of drug-likeness (QED) is 0.264. The van der Waals surface area contributed by atoms with Crippen molar-refractivity contribution in [1.29, 1.82) is 0 Å². The molecule has 0 spiro atoms. The van der Waals surface area contributed by atoms with Crippen LogP contribution in [0.4, 0.5) is 5.69 Å². The van der Waals surface area contributed by atoms with Gasteiger partial charge < -0.3 is 15.5 Å². The maximum atomic E-state index is 12.4. The van der Waals surface area contributed by atoms with Crippen molar-refractivity contribution in [3.05, 3.63) is 29.7 Å². The van der Waals surface area contributed by atoms with Gasteiger partial charge >= 0.3 is 0 Å². The number of aliphatic hydroxyl groups is 1. The number of primary sulfonamides is 1. The maximum absolute atomic E-state index is 12.4. The van der Waals surface area contributed by atoms with Gasteiger partial charge in [0.05, 0.1) is 4.90 Å². The van der Waals surface area contributed by atoms with E-state index in [1.807, 2.05) is 6.92 Å². The summed E-state index contributed by atoms with van der Waals surface area (Å²) in [6.07, 6.45) is 4.03. The first-order chi connectivity index (χ1) is 13.1. The Hall–Kier alpha value is -2.46. The molecule has 28 heavy (non-hydrogen) atoms. The number of benzene rings is 1. The molecule has 0 saturated heterocycles. The number of nitrogens with two attached hydrogens (primary N) is 1. The number of carbonyl (C=O) groups excluding carboxylic acids is 1. The minimum absolute atomic E-state index is 0.201. The first-order valence-corrected chi connectivity index (χ1v) is 10.6. The molecule has 1 atom stereocenters. The van der Waals surface area contributed by atoms with Gasteiger partial charge in [0, 0.05) is 6.54 Å². The first kappa shape index (κ1) is 23.6. The van der Waals surface area contributed by atoms with E-state index in [1.165, 1.54) is 6.92 Å². The zero-order valence-electron chi connectivity index (χ0n) is 16.3. The van der Waals surface area contributed by atoms with Crippen molar-refractivity contribution in [1.82, 2.24) is 5.32 Å². The van der Waals surface area contributed by atoms with Gasteiger partial charge in [-0.3, -0.25) is 4.79 Å². The standard InChI is InChI=1S/C18H28N4O5S/c1-4-6-7-13(5-2)11-20-18(25)17(12(3)23)22-21-15-10-14(28(19,26)27)8-9-16(15)24/h8-10,13,23-24H,4-7,11H2,1-3H3,(H,20,25)(H2,19,26,27). The summed E-state index contributed by atoms with van der Waals surface area (Å²) in [6, 6.07) is 3.24. The minimum Gasteiger partial charge on any atom is -0.510 e. The minimum atomic E-state index is -4.00. The van der Waals surface area contributed by atoms with Gasteiger partial charge in [-0.2, -0.15) is 0 Å². The Morgan fingerprint density at radius 2 is 2.00 bits per heavy atom. The van der Waals surface area contributed by atoms with Crippen molar-refractivity contribution < 1.29 is 23.4 Å². The third-order valence-corrected chi connectivity index (χ3v) is 5.10. The van der Waals surface area contributed by atoms with Crippen LogP contribution in [0, 0.1) is 5.92 Å². The SMILES string of the molecule is CCCCC(CC)CNC(=O)C(N=Nc1cc(S(N)(=O)=O)ccc1O)=C(C)O. The highest BCUT2D eigenvalue weighted by atomic mass is 32.2. The van der Waals surface area contributed by atoms with Crippen LogP contribution in [0.15, 0.2) is 44.8 Å². The fraction of sp³-hybridized carbons (Fsp3) is 0.500. The number of unbranched alkanes of at least 4 members (excludes halogenated alkanes) is 1. The zero-order chi connectivity index (χ0) is 21.3. The topological polar surface area (TPSA) is 154 Å². The summed E-state index contributed by atoms with van der Waals surface area (Å²) in [7, 11) is -4.00. The van der Waals surface area contributed by atoms with Crippen LogP contribution in [-0.2, 0) is 14.8 Å². The lowest BCUT2D eigenvalue weighted by atomic mass is 9.99. The van der Waals surface area contributed by atoms with Gasteiger partial charge in [-0.1, -0.05) is 33.1 Å². The van der Waals surface area contributed by atoms with E-state index < -0.39 is 15.9 Å². The highest BCUT2D eigenvalue weighted by Crippen LogP contribution is 2.29. The van der Waals surface area contributed by atoms with Gasteiger partial charge in [-0.25, -0.2) is 13.6 Å². The van der Waals surface area contributed by atoms with Crippen LogP contribution in [0.5, 0.6) is 5.75 Å². The monoisotopic (exact) mass is 412 g/mol. The summed E-state index contributed by atoms with van der Waals surface area (Å²) in [4.78, 5) is 12.1. The molecule has 156 valence electrons. The molecule has 1 amide bonds. The van der Waals surface area contributed by atoms with Crippen molar-refractivity contribution in [3.8, 4) is 5.75 Å². The number of hydrogen-bond acceptors (Lipinski definition) is 7. The van der Waals surface area contributed by atoms with E-state index in [2.05, 4.69) is 22.5 Å². The van der Waals surface area contributed by atoms with Gasteiger partial charge in [-0.15, -0.1) is 10.2 Å². The molecule has 0 saturated carbocycles. The smallest absolute Gasteiger partial charge is 0.275 e. The number of sulfonamides is 1. The van der Waals surface area contributed by atoms with Crippen LogP contribution in [0.3, 0.4) is 0 Å². The summed E-state index contributed by atoms with van der Waals surface area (Å²) >= 11 is 0. The number of aromatic hydroxyl groups is 1. The number of hydrogen-bond donors (Lipinski definition) is 4. The fourth-order valence-electron chi connectivity index (χ4n) is 2.41. The summed E-state index contributed by atoms with van der Waals surface area (Å²) in [5, 5.41) is 34.7. The molecular formula is C18H28N4O5S. The normalized spacial score (nSPS) is 14.0.